The van der Waals surface area contributed by atoms with Crippen molar-refractivity contribution >= 4 is 58.0 Å². The van der Waals surface area contributed by atoms with Crippen molar-refractivity contribution in [2.24, 2.45) is 0 Å². The highest BCUT2D eigenvalue weighted by Gasteiger charge is 2.23. The van der Waals surface area contributed by atoms with Gasteiger partial charge in [0, 0.05) is 27.4 Å². The third kappa shape index (κ3) is 10.1. The normalized spacial score (nSPS) is 11.7. The van der Waals surface area contributed by atoms with Crippen LogP contribution in [0.4, 0.5) is 11.4 Å². The first-order valence-corrected chi connectivity index (χ1v) is 20.1. The van der Waals surface area contributed by atoms with Gasteiger partial charge in [-0.2, -0.15) is 0 Å². The summed E-state index contributed by atoms with van der Waals surface area (Å²) in [6, 6.07) is 57.6. The van der Waals surface area contributed by atoms with E-state index in [0.29, 0.717) is 46.3 Å². The molecule has 0 saturated heterocycles. The highest BCUT2D eigenvalue weighted by atomic mass is 32.2. The topological polar surface area (TPSA) is 123 Å². The number of amides is 3. The summed E-state index contributed by atoms with van der Waals surface area (Å²) >= 11 is 1.39. The Hall–Kier alpha value is -7.69. The second kappa shape index (κ2) is 18.7. The third-order valence-electron chi connectivity index (χ3n) is 9.37. The average molecular weight is 807 g/mol. The van der Waals surface area contributed by atoms with Crippen LogP contribution in [0.5, 0.6) is 5.75 Å². The van der Waals surface area contributed by atoms with E-state index in [0.717, 1.165) is 27.1 Å². The minimum Gasteiger partial charge on any atom is -0.489 e. The number of benzene rings is 7. The second-order valence-corrected chi connectivity index (χ2v) is 14.8. The van der Waals surface area contributed by atoms with E-state index in [4.69, 9.17) is 9.15 Å². The van der Waals surface area contributed by atoms with Gasteiger partial charge in [0.05, 0.1) is 0 Å². The van der Waals surface area contributed by atoms with Crippen LogP contribution in [0.15, 0.2) is 203 Å². The molecule has 9 nitrogen and oxygen atoms in total. The maximum Gasteiger partial charge on any atom is 0.272 e. The average Bonchev–Trinajstić information content (AvgIpc) is 3.74. The highest BCUT2D eigenvalue weighted by Crippen LogP contribution is 2.37. The van der Waals surface area contributed by atoms with Crippen LogP contribution in [-0.4, -0.2) is 22.7 Å². The van der Waals surface area contributed by atoms with Gasteiger partial charge < -0.3 is 25.1 Å². The molecule has 0 spiro atoms. The van der Waals surface area contributed by atoms with Crippen LogP contribution in [0, 0.1) is 0 Å². The number of anilines is 2. The van der Waals surface area contributed by atoms with Gasteiger partial charge in [-0.3, -0.25) is 14.4 Å². The minimum absolute atomic E-state index is 0.0583. The summed E-state index contributed by atoms with van der Waals surface area (Å²) in [5.41, 5.74) is 6.47. The SMILES string of the molecule is O=C(Nc1ccc(SC(C(=O)Nc2ccc(-c3nc4ccccc4o3)cc2)c2ccccc2)cc1)/C(=C/c1ccc(OCc2ccccc2)cc1)NC(=O)c1ccccc1. The van der Waals surface area contributed by atoms with Gasteiger partial charge in [0.1, 0.15) is 28.8 Å². The minimum atomic E-state index is -0.582. The van der Waals surface area contributed by atoms with Crippen molar-refractivity contribution < 1.29 is 23.5 Å². The van der Waals surface area contributed by atoms with Crippen molar-refractivity contribution in [2.45, 2.75) is 16.8 Å². The van der Waals surface area contributed by atoms with Crippen LogP contribution in [0.25, 0.3) is 28.6 Å². The van der Waals surface area contributed by atoms with Crippen molar-refractivity contribution in [3.8, 4) is 17.2 Å². The zero-order chi connectivity index (χ0) is 41.1. The molecule has 0 saturated carbocycles. The van der Waals surface area contributed by atoms with Crippen LogP contribution in [-0.2, 0) is 16.2 Å². The number of hydrogen-bond acceptors (Lipinski definition) is 7. The lowest BCUT2D eigenvalue weighted by molar-refractivity contribution is -0.116. The van der Waals surface area contributed by atoms with Gasteiger partial charge >= 0.3 is 0 Å². The van der Waals surface area contributed by atoms with E-state index in [9.17, 15) is 14.4 Å². The van der Waals surface area contributed by atoms with Crippen LogP contribution in [0.3, 0.4) is 0 Å². The monoisotopic (exact) mass is 806 g/mol. The van der Waals surface area contributed by atoms with Crippen LogP contribution in [0.2, 0.25) is 0 Å². The molecule has 1 aromatic heterocycles. The van der Waals surface area contributed by atoms with Gasteiger partial charge in [-0.1, -0.05) is 103 Å². The number of ether oxygens (including phenoxy) is 1. The number of nitrogens with zero attached hydrogens (tertiary/aromatic N) is 1. The Balaban J connectivity index is 0.950. The van der Waals surface area contributed by atoms with Crippen LogP contribution < -0.4 is 20.7 Å². The Kier molecular flexibility index (Phi) is 12.2. The predicted molar refractivity (Wildman–Crippen MR) is 237 cm³/mol. The number of para-hydroxylation sites is 2. The smallest absolute Gasteiger partial charge is 0.272 e. The second-order valence-electron chi connectivity index (χ2n) is 13.7. The fourth-order valence-electron chi connectivity index (χ4n) is 6.26. The lowest BCUT2D eigenvalue weighted by atomic mass is 10.1. The Bertz CT molecular complexity index is 2710. The van der Waals surface area contributed by atoms with E-state index >= 15 is 0 Å². The molecule has 1 unspecified atom stereocenters. The quantitative estimate of drug-likeness (QED) is 0.0738. The van der Waals surface area contributed by atoms with Crippen LogP contribution in [0.1, 0.15) is 32.3 Å². The molecule has 0 fully saturated rings. The summed E-state index contributed by atoms with van der Waals surface area (Å²) < 4.78 is 11.8. The first-order valence-electron chi connectivity index (χ1n) is 19.2. The van der Waals surface area contributed by atoms with Gasteiger partial charge in [0.15, 0.2) is 5.58 Å². The van der Waals surface area contributed by atoms with Crippen LogP contribution >= 0.6 is 11.8 Å². The Morgan fingerprint density at radius 3 is 1.97 bits per heavy atom. The predicted octanol–water partition coefficient (Wildman–Crippen LogP) is 11.0. The first-order chi connectivity index (χ1) is 29.4. The molecular weight excluding hydrogens is 769 g/mol. The van der Waals surface area contributed by atoms with E-state index in [1.54, 1.807) is 42.5 Å². The van der Waals surface area contributed by atoms with Crippen molar-refractivity contribution in [1.82, 2.24) is 10.3 Å². The molecule has 7 aromatic carbocycles. The lowest BCUT2D eigenvalue weighted by Gasteiger charge is -2.18. The van der Waals surface area contributed by atoms with E-state index in [2.05, 4.69) is 20.9 Å². The number of rotatable bonds is 14. The summed E-state index contributed by atoms with van der Waals surface area (Å²) in [5.74, 6) is 0.0551. The molecule has 8 aromatic rings. The van der Waals surface area contributed by atoms with Crippen molar-refractivity contribution in [1.29, 1.82) is 0 Å². The third-order valence-corrected chi connectivity index (χ3v) is 10.6. The molecule has 3 amide bonds. The fraction of sp³-hybridized carbons (Fsp3) is 0.0400. The Morgan fingerprint density at radius 2 is 1.27 bits per heavy atom. The standard InChI is InChI=1S/C50H38N4O5S/c55-47(37-16-8-3-9-17-37)53-44(32-34-20-28-41(29-21-34)58-33-35-12-4-1-5-13-35)48(56)51-40-26-30-42(31-27-40)60-46(36-14-6-2-7-15-36)49(57)52-39-24-22-38(23-25-39)50-54-43-18-10-11-19-45(43)59-50/h1-32,46H,33H2,(H,51,56)(H,52,57)(H,53,55)/b44-32-. The maximum atomic E-state index is 13.9. The fourth-order valence-corrected chi connectivity index (χ4v) is 7.29. The van der Waals surface area contributed by atoms with Gasteiger partial charge in [0.2, 0.25) is 11.8 Å². The number of hydrogen-bond donors (Lipinski definition) is 3. The summed E-state index contributed by atoms with van der Waals surface area (Å²) in [6.45, 7) is 0.423. The van der Waals surface area contributed by atoms with Gasteiger partial charge in [-0.25, -0.2) is 4.98 Å². The molecule has 1 heterocycles. The number of aromatic nitrogens is 1. The van der Waals surface area contributed by atoms with E-state index in [1.807, 2.05) is 152 Å². The number of fused-ring (bicyclic) bond motifs is 1. The first kappa shape index (κ1) is 39.2. The van der Waals surface area contributed by atoms with Crippen molar-refractivity contribution in [3.05, 3.63) is 216 Å². The molecule has 1 atom stereocenters. The molecule has 294 valence electrons. The van der Waals surface area contributed by atoms with E-state index < -0.39 is 17.1 Å². The summed E-state index contributed by atoms with van der Waals surface area (Å²) in [6.07, 6.45) is 1.62. The summed E-state index contributed by atoms with van der Waals surface area (Å²) in [4.78, 5) is 46.2. The molecule has 0 bridgehead atoms. The highest BCUT2D eigenvalue weighted by molar-refractivity contribution is 8.00. The lowest BCUT2D eigenvalue weighted by Crippen LogP contribution is -2.30. The number of oxazole rings is 1. The number of nitrogens with one attached hydrogen (secondary N) is 3. The summed E-state index contributed by atoms with van der Waals surface area (Å²) in [5, 5.41) is 8.19. The van der Waals surface area contributed by atoms with Gasteiger partial charge in [-0.05, 0) is 108 Å². The largest absolute Gasteiger partial charge is 0.489 e. The molecule has 8 rings (SSSR count). The summed E-state index contributed by atoms with van der Waals surface area (Å²) in [7, 11) is 0. The number of carbonyl (C=O) groups excluding carboxylic acids is 3. The van der Waals surface area contributed by atoms with E-state index in [1.165, 1.54) is 11.8 Å². The zero-order valence-corrected chi connectivity index (χ0v) is 33.0. The molecular formula is C50H38N4O5S. The van der Waals surface area contributed by atoms with E-state index in [-0.39, 0.29) is 11.6 Å². The van der Waals surface area contributed by atoms with Crippen molar-refractivity contribution in [3.63, 3.8) is 0 Å². The maximum absolute atomic E-state index is 13.9. The molecule has 0 aliphatic rings. The molecule has 0 radical (unpaired) electrons. The van der Waals surface area contributed by atoms with Crippen molar-refractivity contribution in [2.75, 3.05) is 10.6 Å². The molecule has 3 N–H and O–H groups in total. The molecule has 10 heteroatoms. The molecule has 60 heavy (non-hydrogen) atoms. The van der Waals surface area contributed by atoms with Gasteiger partial charge in [-0.15, -0.1) is 11.8 Å². The van der Waals surface area contributed by atoms with Gasteiger partial charge in [0.25, 0.3) is 11.8 Å². The number of thioether (sulfide) groups is 1. The number of carbonyl (C=O) groups is 3. The molecule has 0 aliphatic heterocycles. The molecule has 0 aliphatic carbocycles. The Morgan fingerprint density at radius 1 is 0.650 bits per heavy atom. The Labute approximate surface area is 351 Å². The zero-order valence-electron chi connectivity index (χ0n) is 32.2.